The van der Waals surface area contributed by atoms with Crippen LogP contribution in [0.3, 0.4) is 0 Å². The highest BCUT2D eigenvalue weighted by Crippen LogP contribution is 2.35. The minimum Gasteiger partial charge on any atom is -0.496 e. The zero-order valence-electron chi connectivity index (χ0n) is 15.6. The van der Waals surface area contributed by atoms with Gasteiger partial charge in [0.2, 0.25) is 0 Å². The summed E-state index contributed by atoms with van der Waals surface area (Å²) in [6, 6.07) is 9.98. The quantitative estimate of drug-likeness (QED) is 0.617. The van der Waals surface area contributed by atoms with E-state index >= 15 is 0 Å². The van der Waals surface area contributed by atoms with Gasteiger partial charge in [-0.3, -0.25) is 4.98 Å². The van der Waals surface area contributed by atoms with Crippen molar-refractivity contribution in [2.45, 2.75) is 39.5 Å². The Morgan fingerprint density at radius 2 is 2.23 bits per heavy atom. The van der Waals surface area contributed by atoms with Crippen molar-refractivity contribution in [3.8, 4) is 11.5 Å². The lowest BCUT2D eigenvalue weighted by Crippen LogP contribution is -2.37. The summed E-state index contributed by atoms with van der Waals surface area (Å²) in [5, 5.41) is 6.57. The number of methoxy groups -OCH3 is 1. The number of hydrogen-bond acceptors (Lipinski definition) is 4. The lowest BCUT2D eigenvalue weighted by atomic mass is 10.1. The van der Waals surface area contributed by atoms with Gasteiger partial charge in [0.1, 0.15) is 17.6 Å². The van der Waals surface area contributed by atoms with Gasteiger partial charge in [-0.2, -0.15) is 0 Å². The topological polar surface area (TPSA) is 67.8 Å². The number of benzene rings is 1. The standard InChI is InChI=1S/C20H26N4O2/c1-4-21-20(24-13-17-7-5-6-8-22-17)23-12-16-11-19-15(9-14(2)26-19)10-18(16)25-3/h5-8,10-11,14H,4,9,12-13H2,1-3H3,(H2,21,23,24). The van der Waals surface area contributed by atoms with Crippen LogP contribution in [0.15, 0.2) is 41.5 Å². The predicted molar refractivity (Wildman–Crippen MR) is 103 cm³/mol. The number of guanidine groups is 1. The number of fused-ring (bicyclic) bond motifs is 1. The highest BCUT2D eigenvalue weighted by Gasteiger charge is 2.21. The highest BCUT2D eigenvalue weighted by molar-refractivity contribution is 5.79. The van der Waals surface area contributed by atoms with E-state index in [1.165, 1.54) is 5.56 Å². The molecule has 0 amide bonds. The Labute approximate surface area is 154 Å². The molecule has 26 heavy (non-hydrogen) atoms. The van der Waals surface area contributed by atoms with Crippen molar-refractivity contribution in [3.05, 3.63) is 53.3 Å². The van der Waals surface area contributed by atoms with Crippen molar-refractivity contribution >= 4 is 5.96 Å². The van der Waals surface area contributed by atoms with Gasteiger partial charge in [0.05, 0.1) is 25.9 Å². The minimum atomic E-state index is 0.214. The van der Waals surface area contributed by atoms with Crippen LogP contribution in [-0.2, 0) is 19.5 Å². The third-order valence-corrected chi connectivity index (χ3v) is 4.21. The van der Waals surface area contributed by atoms with Crippen molar-refractivity contribution in [1.82, 2.24) is 15.6 Å². The molecule has 1 unspecified atom stereocenters. The molecule has 2 heterocycles. The van der Waals surface area contributed by atoms with Gasteiger partial charge in [-0.25, -0.2) is 4.99 Å². The van der Waals surface area contributed by atoms with Crippen molar-refractivity contribution in [2.24, 2.45) is 4.99 Å². The molecule has 0 aliphatic carbocycles. The number of ether oxygens (including phenoxy) is 2. The zero-order valence-corrected chi connectivity index (χ0v) is 15.6. The first-order chi connectivity index (χ1) is 12.7. The third kappa shape index (κ3) is 4.45. The summed E-state index contributed by atoms with van der Waals surface area (Å²) < 4.78 is 11.4. The van der Waals surface area contributed by atoms with Crippen LogP contribution >= 0.6 is 0 Å². The molecule has 0 saturated heterocycles. The third-order valence-electron chi connectivity index (χ3n) is 4.21. The Hall–Kier alpha value is -2.76. The number of rotatable bonds is 6. The summed E-state index contributed by atoms with van der Waals surface area (Å²) in [5.74, 6) is 2.54. The summed E-state index contributed by atoms with van der Waals surface area (Å²) >= 11 is 0. The first kappa shape index (κ1) is 18.0. The first-order valence-corrected chi connectivity index (χ1v) is 8.98. The number of hydrogen-bond donors (Lipinski definition) is 2. The predicted octanol–water partition coefficient (Wildman–Crippen LogP) is 2.67. The van der Waals surface area contributed by atoms with E-state index in [0.29, 0.717) is 13.1 Å². The Balaban J connectivity index is 1.72. The lowest BCUT2D eigenvalue weighted by Gasteiger charge is -2.13. The number of aliphatic imine (C=N–C) groups is 1. The van der Waals surface area contributed by atoms with Gasteiger partial charge in [-0.1, -0.05) is 6.07 Å². The molecule has 0 bridgehead atoms. The Morgan fingerprint density at radius 3 is 2.96 bits per heavy atom. The van der Waals surface area contributed by atoms with Gasteiger partial charge in [0.15, 0.2) is 5.96 Å². The van der Waals surface area contributed by atoms with Crippen LogP contribution in [0.1, 0.15) is 30.7 Å². The van der Waals surface area contributed by atoms with Gasteiger partial charge >= 0.3 is 0 Å². The summed E-state index contributed by atoms with van der Waals surface area (Å²) in [6.45, 7) is 6.04. The Morgan fingerprint density at radius 1 is 1.35 bits per heavy atom. The largest absolute Gasteiger partial charge is 0.496 e. The summed E-state index contributed by atoms with van der Waals surface area (Å²) in [6.07, 6.45) is 2.92. The zero-order chi connectivity index (χ0) is 18.4. The maximum Gasteiger partial charge on any atom is 0.191 e. The molecule has 138 valence electrons. The van der Waals surface area contributed by atoms with E-state index in [9.17, 15) is 0 Å². The molecule has 1 aromatic heterocycles. The molecule has 6 nitrogen and oxygen atoms in total. The summed E-state index contributed by atoms with van der Waals surface area (Å²) in [7, 11) is 1.69. The Kier molecular flexibility index (Phi) is 5.94. The van der Waals surface area contributed by atoms with Crippen molar-refractivity contribution < 1.29 is 9.47 Å². The molecule has 1 atom stereocenters. The molecular formula is C20H26N4O2. The molecule has 3 rings (SSSR count). The van der Waals surface area contributed by atoms with Crippen LogP contribution in [-0.4, -0.2) is 30.7 Å². The summed E-state index contributed by atoms with van der Waals surface area (Å²) in [4.78, 5) is 9.00. The second-order valence-corrected chi connectivity index (χ2v) is 6.27. The Bertz CT molecular complexity index is 762. The van der Waals surface area contributed by atoms with Crippen LogP contribution in [0.4, 0.5) is 0 Å². The van der Waals surface area contributed by atoms with E-state index in [-0.39, 0.29) is 6.10 Å². The summed E-state index contributed by atoms with van der Waals surface area (Å²) in [5.41, 5.74) is 3.17. The van der Waals surface area contributed by atoms with Crippen molar-refractivity contribution in [2.75, 3.05) is 13.7 Å². The monoisotopic (exact) mass is 354 g/mol. The molecule has 2 N–H and O–H groups in total. The number of nitrogens with zero attached hydrogens (tertiary/aromatic N) is 2. The molecule has 0 fully saturated rings. The molecule has 1 aliphatic heterocycles. The lowest BCUT2D eigenvalue weighted by molar-refractivity contribution is 0.254. The van der Waals surface area contributed by atoms with Crippen molar-refractivity contribution in [1.29, 1.82) is 0 Å². The van der Waals surface area contributed by atoms with Crippen LogP contribution in [0.2, 0.25) is 0 Å². The molecule has 0 spiro atoms. The maximum absolute atomic E-state index is 5.86. The fourth-order valence-electron chi connectivity index (χ4n) is 2.98. The smallest absolute Gasteiger partial charge is 0.191 e. The number of nitrogens with one attached hydrogen (secondary N) is 2. The number of pyridine rings is 1. The van der Waals surface area contributed by atoms with Crippen LogP contribution in [0.5, 0.6) is 11.5 Å². The number of aromatic nitrogens is 1. The fourth-order valence-corrected chi connectivity index (χ4v) is 2.98. The van der Waals surface area contributed by atoms with E-state index in [0.717, 1.165) is 41.7 Å². The molecule has 0 radical (unpaired) electrons. The maximum atomic E-state index is 5.86. The average Bonchev–Trinajstić information content (AvgIpc) is 3.02. The first-order valence-electron chi connectivity index (χ1n) is 8.98. The van der Waals surface area contributed by atoms with Crippen LogP contribution in [0, 0.1) is 0 Å². The van der Waals surface area contributed by atoms with Gasteiger partial charge < -0.3 is 20.1 Å². The van der Waals surface area contributed by atoms with E-state index in [1.54, 1.807) is 13.3 Å². The van der Waals surface area contributed by atoms with Crippen molar-refractivity contribution in [3.63, 3.8) is 0 Å². The van der Waals surface area contributed by atoms with E-state index in [1.807, 2.05) is 31.2 Å². The van der Waals surface area contributed by atoms with Gasteiger partial charge in [0, 0.05) is 30.3 Å². The van der Waals surface area contributed by atoms with E-state index < -0.39 is 0 Å². The molecule has 2 aromatic rings. The molecule has 1 aliphatic rings. The van der Waals surface area contributed by atoms with Crippen LogP contribution < -0.4 is 20.1 Å². The van der Waals surface area contributed by atoms with Gasteiger partial charge in [-0.15, -0.1) is 0 Å². The highest BCUT2D eigenvalue weighted by atomic mass is 16.5. The van der Waals surface area contributed by atoms with Gasteiger partial charge in [0.25, 0.3) is 0 Å². The second-order valence-electron chi connectivity index (χ2n) is 6.27. The van der Waals surface area contributed by atoms with Crippen LogP contribution in [0.25, 0.3) is 0 Å². The van der Waals surface area contributed by atoms with E-state index in [4.69, 9.17) is 9.47 Å². The second kappa shape index (κ2) is 8.56. The molecule has 6 heteroatoms. The SMILES string of the molecule is CCNC(=NCc1cc2c(cc1OC)CC(C)O2)NCc1ccccn1. The molecule has 1 aromatic carbocycles. The van der Waals surface area contributed by atoms with Gasteiger partial charge in [-0.05, 0) is 38.1 Å². The normalized spacial score (nSPS) is 16.0. The average molecular weight is 354 g/mol. The molecular weight excluding hydrogens is 328 g/mol. The fraction of sp³-hybridized carbons (Fsp3) is 0.400. The molecule has 0 saturated carbocycles. The minimum absolute atomic E-state index is 0.214. The van der Waals surface area contributed by atoms with E-state index in [2.05, 4.69) is 33.6 Å².